The Morgan fingerprint density at radius 3 is 2.91 bits per heavy atom. The van der Waals surface area contributed by atoms with E-state index in [9.17, 15) is 4.79 Å². The summed E-state index contributed by atoms with van der Waals surface area (Å²) in [5, 5.41) is 11.9. The van der Waals surface area contributed by atoms with Crippen LogP contribution >= 0.6 is 34.7 Å². The van der Waals surface area contributed by atoms with Gasteiger partial charge in [-0.05, 0) is 38.3 Å². The number of anilines is 1. The summed E-state index contributed by atoms with van der Waals surface area (Å²) in [6.07, 6.45) is 4.38. The topological polar surface area (TPSA) is 99.1 Å². The molecular formula is C21H22ClN5O3S2. The summed E-state index contributed by atoms with van der Waals surface area (Å²) in [5.74, 6) is 1.59. The number of carbonyl (C=O) groups excluding carboxylic acids is 1. The summed E-state index contributed by atoms with van der Waals surface area (Å²) in [7, 11) is 1.54. The number of halogens is 1. The summed E-state index contributed by atoms with van der Waals surface area (Å²) in [6, 6.07) is 3.48. The summed E-state index contributed by atoms with van der Waals surface area (Å²) >= 11 is 9.09. The molecule has 1 amide bonds. The van der Waals surface area contributed by atoms with E-state index in [0.29, 0.717) is 38.6 Å². The van der Waals surface area contributed by atoms with E-state index in [-0.39, 0.29) is 12.0 Å². The molecule has 3 aromatic rings. The Bertz CT molecular complexity index is 1130. The Balaban J connectivity index is 1.52. The number of pyridine rings is 2. The van der Waals surface area contributed by atoms with Crippen molar-refractivity contribution in [3.05, 3.63) is 40.9 Å². The van der Waals surface area contributed by atoms with E-state index in [1.165, 1.54) is 23.7 Å². The van der Waals surface area contributed by atoms with Crippen molar-refractivity contribution in [3.63, 3.8) is 0 Å². The molecule has 2 atom stereocenters. The van der Waals surface area contributed by atoms with E-state index in [1.807, 2.05) is 13.0 Å². The van der Waals surface area contributed by atoms with Gasteiger partial charge < -0.3 is 9.47 Å². The maximum atomic E-state index is 13.1. The minimum Gasteiger partial charge on any atom is -0.494 e. The number of aromatic nitrogens is 4. The summed E-state index contributed by atoms with van der Waals surface area (Å²) < 4.78 is 11.8. The number of nitrogens with zero attached hydrogens (tertiary/aromatic N) is 4. The fraction of sp³-hybridized carbons (Fsp3) is 0.381. The van der Waals surface area contributed by atoms with Crippen molar-refractivity contribution in [1.29, 1.82) is 0 Å². The SMILES string of the molecule is COc1cnc(Cl)cc1-c1cc(C)ncc1C(=O)Nc1nnc(SCC2CCOC2C)s1. The van der Waals surface area contributed by atoms with Gasteiger partial charge in [-0.2, -0.15) is 0 Å². The van der Waals surface area contributed by atoms with Crippen molar-refractivity contribution in [3.8, 4) is 16.9 Å². The molecule has 168 valence electrons. The lowest BCUT2D eigenvalue weighted by Crippen LogP contribution is -2.14. The minimum absolute atomic E-state index is 0.265. The fourth-order valence-electron chi connectivity index (χ4n) is 3.41. The van der Waals surface area contributed by atoms with E-state index < -0.39 is 0 Å². The Hall–Kier alpha value is -2.27. The average molecular weight is 492 g/mol. The van der Waals surface area contributed by atoms with Crippen LogP contribution in [0.1, 0.15) is 29.4 Å². The second-order valence-corrected chi connectivity index (χ2v) is 9.97. The van der Waals surface area contributed by atoms with E-state index in [2.05, 4.69) is 32.4 Å². The summed E-state index contributed by atoms with van der Waals surface area (Å²) in [6.45, 7) is 4.76. The number of nitrogens with one attached hydrogen (secondary N) is 1. The molecule has 4 heterocycles. The van der Waals surface area contributed by atoms with Gasteiger partial charge >= 0.3 is 0 Å². The van der Waals surface area contributed by atoms with Crippen LogP contribution in [0.5, 0.6) is 5.75 Å². The Morgan fingerprint density at radius 2 is 2.16 bits per heavy atom. The number of thioether (sulfide) groups is 1. The third-order valence-corrected chi connectivity index (χ3v) is 7.58. The van der Waals surface area contributed by atoms with Crippen LogP contribution in [0.15, 0.2) is 28.9 Å². The molecule has 0 spiro atoms. The lowest BCUT2D eigenvalue weighted by Gasteiger charge is -2.13. The van der Waals surface area contributed by atoms with Crippen LogP contribution in [0.4, 0.5) is 5.13 Å². The standard InChI is InChI=1S/C21H22ClN5O3S2/c1-11-6-14(15-7-18(22)24-9-17(15)29-3)16(8-23-11)19(28)25-20-26-27-21(32-20)31-10-13-4-5-30-12(13)2/h6-9,12-13H,4-5,10H2,1-3H3,(H,25,26,28). The second kappa shape index (κ2) is 10.1. The van der Waals surface area contributed by atoms with Crippen LogP contribution in [0.2, 0.25) is 5.15 Å². The fourth-order valence-corrected chi connectivity index (χ4v) is 5.61. The van der Waals surface area contributed by atoms with Crippen LogP contribution in [-0.2, 0) is 4.74 Å². The third kappa shape index (κ3) is 5.20. The summed E-state index contributed by atoms with van der Waals surface area (Å²) in [5.41, 5.74) is 2.43. The van der Waals surface area contributed by atoms with Gasteiger partial charge in [-0.15, -0.1) is 10.2 Å². The highest BCUT2D eigenvalue weighted by atomic mass is 35.5. The van der Waals surface area contributed by atoms with E-state index >= 15 is 0 Å². The van der Waals surface area contributed by atoms with E-state index in [4.69, 9.17) is 21.1 Å². The van der Waals surface area contributed by atoms with Crippen LogP contribution in [-0.4, -0.2) is 51.6 Å². The zero-order valence-electron chi connectivity index (χ0n) is 17.8. The van der Waals surface area contributed by atoms with Gasteiger partial charge in [-0.1, -0.05) is 34.7 Å². The maximum absolute atomic E-state index is 13.1. The van der Waals surface area contributed by atoms with Crippen LogP contribution in [0, 0.1) is 12.8 Å². The first-order valence-electron chi connectivity index (χ1n) is 10.0. The first-order chi connectivity index (χ1) is 15.4. The van der Waals surface area contributed by atoms with Gasteiger partial charge in [0.05, 0.1) is 25.0 Å². The molecule has 0 saturated carbocycles. The highest BCUT2D eigenvalue weighted by molar-refractivity contribution is 8.01. The zero-order chi connectivity index (χ0) is 22.7. The maximum Gasteiger partial charge on any atom is 0.259 e. The van der Waals surface area contributed by atoms with Gasteiger partial charge in [-0.25, -0.2) is 4.98 Å². The normalized spacial score (nSPS) is 18.0. The lowest BCUT2D eigenvalue weighted by molar-refractivity contribution is 0.102. The number of aryl methyl sites for hydroxylation is 1. The molecule has 0 aliphatic carbocycles. The largest absolute Gasteiger partial charge is 0.494 e. The highest BCUT2D eigenvalue weighted by Crippen LogP contribution is 2.35. The number of carbonyl (C=O) groups is 1. The molecule has 4 rings (SSSR count). The highest BCUT2D eigenvalue weighted by Gasteiger charge is 2.25. The number of methoxy groups -OCH3 is 1. The van der Waals surface area contributed by atoms with Crippen molar-refractivity contribution in [2.45, 2.75) is 30.7 Å². The van der Waals surface area contributed by atoms with Gasteiger partial charge in [0, 0.05) is 35.4 Å². The molecule has 1 N–H and O–H groups in total. The van der Waals surface area contributed by atoms with Crippen molar-refractivity contribution in [1.82, 2.24) is 20.2 Å². The number of hydrogen-bond donors (Lipinski definition) is 1. The predicted octanol–water partition coefficient (Wildman–Crippen LogP) is 4.73. The first-order valence-corrected chi connectivity index (χ1v) is 12.2. The smallest absolute Gasteiger partial charge is 0.259 e. The summed E-state index contributed by atoms with van der Waals surface area (Å²) in [4.78, 5) is 21.4. The van der Waals surface area contributed by atoms with Crippen molar-refractivity contribution < 1.29 is 14.3 Å². The zero-order valence-corrected chi connectivity index (χ0v) is 20.2. The number of rotatable bonds is 7. The third-order valence-electron chi connectivity index (χ3n) is 5.21. The van der Waals surface area contributed by atoms with Crippen molar-refractivity contribution in [2.75, 3.05) is 24.8 Å². The lowest BCUT2D eigenvalue weighted by atomic mass is 10.0. The monoisotopic (exact) mass is 491 g/mol. The second-order valence-electron chi connectivity index (χ2n) is 7.34. The molecule has 2 unspecified atom stereocenters. The Labute approximate surface area is 199 Å². The molecule has 1 saturated heterocycles. The van der Waals surface area contributed by atoms with Crippen LogP contribution < -0.4 is 10.1 Å². The molecule has 1 fully saturated rings. The molecule has 8 nitrogen and oxygen atoms in total. The Kier molecular flexibility index (Phi) is 7.24. The first kappa shape index (κ1) is 22.9. The molecule has 11 heteroatoms. The molecule has 1 aliphatic heterocycles. The van der Waals surface area contributed by atoms with E-state index in [1.54, 1.807) is 24.9 Å². The van der Waals surface area contributed by atoms with Gasteiger partial charge in [0.15, 0.2) is 4.34 Å². The molecule has 0 aromatic carbocycles. The van der Waals surface area contributed by atoms with Gasteiger partial charge in [0.2, 0.25) is 5.13 Å². The average Bonchev–Trinajstić information content (AvgIpc) is 3.40. The van der Waals surface area contributed by atoms with Crippen molar-refractivity contribution in [2.24, 2.45) is 5.92 Å². The van der Waals surface area contributed by atoms with E-state index in [0.717, 1.165) is 28.8 Å². The molecule has 0 bridgehead atoms. The molecule has 3 aromatic heterocycles. The van der Waals surface area contributed by atoms with Crippen LogP contribution in [0.25, 0.3) is 11.1 Å². The van der Waals surface area contributed by atoms with Gasteiger partial charge in [0.25, 0.3) is 5.91 Å². The Morgan fingerprint density at radius 1 is 1.31 bits per heavy atom. The van der Waals surface area contributed by atoms with Crippen molar-refractivity contribution >= 4 is 45.7 Å². The molecular weight excluding hydrogens is 470 g/mol. The molecule has 0 radical (unpaired) electrons. The van der Waals surface area contributed by atoms with Crippen LogP contribution in [0.3, 0.4) is 0 Å². The quantitative estimate of drug-likeness (QED) is 0.287. The number of hydrogen-bond acceptors (Lipinski definition) is 9. The molecule has 1 aliphatic rings. The number of ether oxygens (including phenoxy) is 2. The predicted molar refractivity (Wildman–Crippen MR) is 126 cm³/mol. The minimum atomic E-state index is -0.340. The van der Waals surface area contributed by atoms with Gasteiger partial charge in [-0.3, -0.25) is 15.1 Å². The number of amides is 1. The van der Waals surface area contributed by atoms with Gasteiger partial charge in [0.1, 0.15) is 10.9 Å². The molecule has 32 heavy (non-hydrogen) atoms.